The number of nitrogens with one attached hydrogen (secondary N) is 1. The smallest absolute Gasteiger partial charge is 0.258 e. The third-order valence-corrected chi connectivity index (χ3v) is 2.46. The molecule has 86 valence electrons. The Morgan fingerprint density at radius 1 is 1.18 bits per heavy atom. The molecule has 4 nitrogen and oxygen atoms in total. The van der Waals surface area contributed by atoms with E-state index < -0.39 is 5.56 Å². The number of rotatable bonds is 3. The lowest BCUT2D eigenvalue weighted by atomic mass is 10.1. The molecule has 0 aliphatic carbocycles. The second-order valence-electron chi connectivity index (χ2n) is 3.47. The highest BCUT2D eigenvalue weighted by Gasteiger charge is 2.06. The van der Waals surface area contributed by atoms with Gasteiger partial charge in [-0.2, -0.15) is 0 Å². The Balaban J connectivity index is 2.57. The molecule has 1 aromatic carbocycles. The molecule has 0 aliphatic rings. The minimum Gasteiger partial charge on any atom is -0.496 e. The van der Waals surface area contributed by atoms with E-state index in [9.17, 15) is 9.59 Å². The van der Waals surface area contributed by atoms with Crippen molar-refractivity contribution in [3.63, 3.8) is 0 Å². The van der Waals surface area contributed by atoms with Gasteiger partial charge in [0.05, 0.1) is 18.4 Å². The highest BCUT2D eigenvalue weighted by Crippen LogP contribution is 2.27. The monoisotopic (exact) mass is 229 g/mol. The lowest BCUT2D eigenvalue weighted by Gasteiger charge is -2.07. The van der Waals surface area contributed by atoms with Crippen molar-refractivity contribution in [1.29, 1.82) is 0 Å². The maximum Gasteiger partial charge on any atom is 0.258 e. The van der Waals surface area contributed by atoms with Gasteiger partial charge < -0.3 is 9.72 Å². The predicted octanol–water partition coefficient (Wildman–Crippen LogP) is 1.86. The minimum atomic E-state index is -0.400. The molecule has 0 fully saturated rings. The van der Waals surface area contributed by atoms with Crippen molar-refractivity contribution in [2.75, 3.05) is 7.11 Å². The molecule has 17 heavy (non-hydrogen) atoms. The third-order valence-electron chi connectivity index (χ3n) is 2.46. The number of aldehydes is 1. The zero-order chi connectivity index (χ0) is 12.3. The Kier molecular flexibility index (Phi) is 3.05. The van der Waals surface area contributed by atoms with Gasteiger partial charge in [-0.25, -0.2) is 0 Å². The summed E-state index contributed by atoms with van der Waals surface area (Å²) in [6, 6.07) is 10.5. The summed E-state index contributed by atoms with van der Waals surface area (Å²) < 4.78 is 5.20. The summed E-state index contributed by atoms with van der Waals surface area (Å²) >= 11 is 0. The second-order valence-corrected chi connectivity index (χ2v) is 3.47. The Bertz CT molecular complexity index is 602. The normalized spacial score (nSPS) is 9.94. The SMILES string of the molecule is COc1ccccc1-c1ccc(C=O)c(=O)[nH]1. The number of pyridine rings is 1. The molecule has 0 bridgehead atoms. The van der Waals surface area contributed by atoms with Crippen molar-refractivity contribution in [3.8, 4) is 17.0 Å². The predicted molar refractivity (Wildman–Crippen MR) is 64.4 cm³/mol. The number of hydrogen-bond acceptors (Lipinski definition) is 3. The van der Waals surface area contributed by atoms with Gasteiger partial charge in [0.2, 0.25) is 0 Å². The highest BCUT2D eigenvalue weighted by atomic mass is 16.5. The molecule has 0 radical (unpaired) electrons. The van der Waals surface area contributed by atoms with Gasteiger partial charge in [-0.1, -0.05) is 12.1 Å². The number of carbonyl (C=O) groups is 1. The first-order valence-electron chi connectivity index (χ1n) is 5.08. The van der Waals surface area contributed by atoms with Gasteiger partial charge >= 0.3 is 0 Å². The van der Waals surface area contributed by atoms with Crippen LogP contribution in [0, 0.1) is 0 Å². The van der Waals surface area contributed by atoms with Crippen molar-refractivity contribution >= 4 is 6.29 Å². The van der Waals surface area contributed by atoms with Gasteiger partial charge in [0, 0.05) is 5.56 Å². The fourth-order valence-electron chi connectivity index (χ4n) is 1.60. The molecular weight excluding hydrogens is 218 g/mol. The number of ether oxygens (including phenoxy) is 1. The van der Waals surface area contributed by atoms with E-state index in [1.807, 2.05) is 18.2 Å². The van der Waals surface area contributed by atoms with Crippen LogP contribution in [0.2, 0.25) is 0 Å². The molecule has 1 heterocycles. The highest BCUT2D eigenvalue weighted by molar-refractivity contribution is 5.75. The van der Waals surface area contributed by atoms with Crippen LogP contribution in [0.5, 0.6) is 5.75 Å². The average molecular weight is 229 g/mol. The molecule has 1 N–H and O–H groups in total. The summed E-state index contributed by atoms with van der Waals surface area (Å²) in [4.78, 5) is 24.7. The standard InChI is InChI=1S/C13H11NO3/c1-17-12-5-3-2-4-10(12)11-7-6-9(8-15)13(16)14-11/h2-8H,1H3,(H,14,16). The number of aromatic amines is 1. The van der Waals surface area contributed by atoms with Gasteiger partial charge in [0.1, 0.15) is 5.75 Å². The first-order chi connectivity index (χ1) is 8.26. The topological polar surface area (TPSA) is 59.2 Å². The molecule has 0 unspecified atom stereocenters. The van der Waals surface area contributed by atoms with Gasteiger partial charge in [0.15, 0.2) is 6.29 Å². The zero-order valence-electron chi connectivity index (χ0n) is 9.27. The van der Waals surface area contributed by atoms with E-state index in [0.29, 0.717) is 17.7 Å². The van der Waals surface area contributed by atoms with Crippen LogP contribution >= 0.6 is 0 Å². The Morgan fingerprint density at radius 2 is 1.94 bits per heavy atom. The first kappa shape index (κ1) is 11.1. The number of hydrogen-bond donors (Lipinski definition) is 1. The van der Waals surface area contributed by atoms with Gasteiger partial charge in [-0.3, -0.25) is 9.59 Å². The van der Waals surface area contributed by atoms with Crippen LogP contribution in [-0.4, -0.2) is 18.4 Å². The van der Waals surface area contributed by atoms with E-state index >= 15 is 0 Å². The molecular formula is C13H11NO3. The largest absolute Gasteiger partial charge is 0.496 e. The van der Waals surface area contributed by atoms with Crippen molar-refractivity contribution in [2.24, 2.45) is 0 Å². The average Bonchev–Trinajstić information content (AvgIpc) is 2.38. The zero-order valence-corrected chi connectivity index (χ0v) is 9.27. The van der Waals surface area contributed by atoms with Crippen LogP contribution in [0.15, 0.2) is 41.2 Å². The summed E-state index contributed by atoms with van der Waals surface area (Å²) in [5.74, 6) is 0.669. The van der Waals surface area contributed by atoms with Crippen LogP contribution in [-0.2, 0) is 0 Å². The number of benzene rings is 1. The van der Waals surface area contributed by atoms with Crippen molar-refractivity contribution in [1.82, 2.24) is 4.98 Å². The van der Waals surface area contributed by atoms with E-state index in [1.165, 1.54) is 6.07 Å². The number of H-pyrrole nitrogens is 1. The molecule has 0 atom stereocenters. The molecule has 2 aromatic rings. The van der Waals surface area contributed by atoms with E-state index in [2.05, 4.69) is 4.98 Å². The summed E-state index contributed by atoms with van der Waals surface area (Å²) in [6.07, 6.45) is 0.533. The van der Waals surface area contributed by atoms with Crippen LogP contribution in [0.1, 0.15) is 10.4 Å². The van der Waals surface area contributed by atoms with Crippen molar-refractivity contribution in [3.05, 3.63) is 52.3 Å². The van der Waals surface area contributed by atoms with Crippen molar-refractivity contribution < 1.29 is 9.53 Å². The number of aromatic nitrogens is 1. The lowest BCUT2D eigenvalue weighted by molar-refractivity contribution is 0.112. The molecule has 0 spiro atoms. The molecule has 2 rings (SSSR count). The Morgan fingerprint density at radius 3 is 2.59 bits per heavy atom. The number of methoxy groups -OCH3 is 1. The van der Waals surface area contributed by atoms with Crippen LogP contribution in [0.3, 0.4) is 0 Å². The quantitative estimate of drug-likeness (QED) is 0.817. The molecule has 4 heteroatoms. The number of para-hydroxylation sites is 1. The fourth-order valence-corrected chi connectivity index (χ4v) is 1.60. The van der Waals surface area contributed by atoms with E-state index in [-0.39, 0.29) is 5.56 Å². The fraction of sp³-hybridized carbons (Fsp3) is 0.0769. The van der Waals surface area contributed by atoms with Gasteiger partial charge in [0.25, 0.3) is 5.56 Å². The van der Waals surface area contributed by atoms with E-state index in [1.54, 1.807) is 19.2 Å². The summed E-state index contributed by atoms with van der Waals surface area (Å²) in [7, 11) is 1.57. The summed E-state index contributed by atoms with van der Waals surface area (Å²) in [6.45, 7) is 0. The van der Waals surface area contributed by atoms with Gasteiger partial charge in [-0.05, 0) is 24.3 Å². The molecule has 0 saturated carbocycles. The third kappa shape index (κ3) is 2.10. The number of carbonyl (C=O) groups excluding carboxylic acids is 1. The maximum absolute atomic E-state index is 11.5. The summed E-state index contributed by atoms with van der Waals surface area (Å²) in [5.41, 5.74) is 1.12. The van der Waals surface area contributed by atoms with Crippen LogP contribution in [0.25, 0.3) is 11.3 Å². The molecule has 0 amide bonds. The molecule has 0 saturated heterocycles. The maximum atomic E-state index is 11.5. The Hall–Kier alpha value is -2.36. The van der Waals surface area contributed by atoms with Gasteiger partial charge in [-0.15, -0.1) is 0 Å². The van der Waals surface area contributed by atoms with E-state index in [0.717, 1.165) is 5.56 Å². The first-order valence-corrected chi connectivity index (χ1v) is 5.08. The minimum absolute atomic E-state index is 0.114. The van der Waals surface area contributed by atoms with E-state index in [4.69, 9.17) is 4.74 Å². The lowest BCUT2D eigenvalue weighted by Crippen LogP contribution is -2.12. The second kappa shape index (κ2) is 4.65. The molecule has 0 aliphatic heterocycles. The van der Waals surface area contributed by atoms with Crippen LogP contribution in [0.4, 0.5) is 0 Å². The molecule has 1 aromatic heterocycles. The summed E-state index contributed by atoms with van der Waals surface area (Å²) in [5, 5.41) is 0. The van der Waals surface area contributed by atoms with Crippen molar-refractivity contribution in [2.45, 2.75) is 0 Å². The van der Waals surface area contributed by atoms with Crippen LogP contribution < -0.4 is 10.3 Å². The Labute approximate surface area is 97.9 Å².